The number of rotatable bonds is 2. The molecule has 0 aliphatic heterocycles. The fourth-order valence-corrected chi connectivity index (χ4v) is 2.46. The normalized spacial score (nSPS) is 18.1. The molecule has 5 heteroatoms. The van der Waals surface area contributed by atoms with E-state index in [2.05, 4.69) is 16.4 Å². The van der Waals surface area contributed by atoms with Crippen LogP contribution >= 0.6 is 0 Å². The molecule has 19 heavy (non-hydrogen) atoms. The van der Waals surface area contributed by atoms with Gasteiger partial charge in [-0.05, 0) is 18.9 Å². The first kappa shape index (κ1) is 13.3. The molecule has 0 aromatic carbocycles. The van der Waals surface area contributed by atoms with E-state index in [1.54, 1.807) is 6.07 Å². The van der Waals surface area contributed by atoms with Gasteiger partial charge >= 0.3 is 0 Å². The maximum Gasteiger partial charge on any atom is 0.269 e. The van der Waals surface area contributed by atoms with Crippen molar-refractivity contribution >= 4 is 5.91 Å². The van der Waals surface area contributed by atoms with Crippen LogP contribution in [0.25, 0.3) is 0 Å². The van der Waals surface area contributed by atoms with Crippen LogP contribution in [0.3, 0.4) is 0 Å². The van der Waals surface area contributed by atoms with E-state index < -0.39 is 5.54 Å². The van der Waals surface area contributed by atoms with Gasteiger partial charge in [0, 0.05) is 6.07 Å². The number of pyridine rings is 1. The van der Waals surface area contributed by atoms with Crippen LogP contribution < -0.4 is 10.9 Å². The molecule has 1 amide bonds. The van der Waals surface area contributed by atoms with Crippen molar-refractivity contribution in [2.45, 2.75) is 44.1 Å². The zero-order chi connectivity index (χ0) is 13.7. The molecule has 0 spiro atoms. The molecule has 1 aromatic heterocycles. The smallest absolute Gasteiger partial charge is 0.269 e. The van der Waals surface area contributed by atoms with Gasteiger partial charge in [0.05, 0.1) is 6.07 Å². The van der Waals surface area contributed by atoms with E-state index in [4.69, 9.17) is 0 Å². The lowest BCUT2D eigenvalue weighted by Gasteiger charge is -2.26. The summed E-state index contributed by atoms with van der Waals surface area (Å²) in [4.78, 5) is 25.8. The summed E-state index contributed by atoms with van der Waals surface area (Å²) in [7, 11) is 0. The van der Waals surface area contributed by atoms with Gasteiger partial charge in [-0.15, -0.1) is 0 Å². The third-order valence-electron chi connectivity index (χ3n) is 3.54. The summed E-state index contributed by atoms with van der Waals surface area (Å²) in [6.07, 6.45) is 5.43. The van der Waals surface area contributed by atoms with Crippen molar-refractivity contribution in [2.75, 3.05) is 0 Å². The zero-order valence-corrected chi connectivity index (χ0v) is 10.7. The van der Waals surface area contributed by atoms with Crippen LogP contribution in [-0.2, 0) is 0 Å². The van der Waals surface area contributed by atoms with Gasteiger partial charge in [-0.25, -0.2) is 0 Å². The lowest BCUT2D eigenvalue weighted by Crippen LogP contribution is -2.47. The molecule has 1 aliphatic rings. The second kappa shape index (κ2) is 5.70. The number of amides is 1. The molecule has 2 N–H and O–H groups in total. The number of carbonyl (C=O) groups excluding carboxylic acids is 1. The summed E-state index contributed by atoms with van der Waals surface area (Å²) in [6, 6.07) is 6.67. The Kier molecular flexibility index (Phi) is 4.00. The topological polar surface area (TPSA) is 85.8 Å². The standard InChI is InChI=1S/C14H17N3O2/c15-10-14(8-3-1-2-4-9-14)17-13(19)11-6-5-7-12(18)16-11/h5-7H,1-4,8-9H2,(H,16,18)(H,17,19). The van der Waals surface area contributed by atoms with Gasteiger partial charge in [0.1, 0.15) is 11.2 Å². The molecule has 1 heterocycles. The number of nitriles is 1. The predicted octanol–water partition coefficient (Wildman–Crippen LogP) is 1.72. The van der Waals surface area contributed by atoms with Crippen LogP contribution in [0.2, 0.25) is 0 Å². The Labute approximate surface area is 111 Å². The molecular formula is C14H17N3O2. The highest BCUT2D eigenvalue weighted by Gasteiger charge is 2.32. The van der Waals surface area contributed by atoms with Gasteiger partial charge in [-0.2, -0.15) is 5.26 Å². The Morgan fingerprint density at radius 1 is 1.26 bits per heavy atom. The number of nitrogens with one attached hydrogen (secondary N) is 2. The van der Waals surface area contributed by atoms with E-state index in [1.807, 2.05) is 0 Å². The van der Waals surface area contributed by atoms with Crippen molar-refractivity contribution < 1.29 is 4.79 Å². The summed E-state index contributed by atoms with van der Waals surface area (Å²) >= 11 is 0. The van der Waals surface area contributed by atoms with Crippen molar-refractivity contribution in [1.82, 2.24) is 10.3 Å². The largest absolute Gasteiger partial charge is 0.332 e. The fraction of sp³-hybridized carbons (Fsp3) is 0.500. The third kappa shape index (κ3) is 3.22. The number of nitrogens with zero attached hydrogens (tertiary/aromatic N) is 1. The summed E-state index contributed by atoms with van der Waals surface area (Å²) in [6.45, 7) is 0. The lowest BCUT2D eigenvalue weighted by atomic mass is 9.91. The quantitative estimate of drug-likeness (QED) is 0.793. The molecule has 2 rings (SSSR count). The van der Waals surface area contributed by atoms with Gasteiger partial charge in [-0.1, -0.05) is 31.7 Å². The van der Waals surface area contributed by atoms with E-state index >= 15 is 0 Å². The third-order valence-corrected chi connectivity index (χ3v) is 3.54. The highest BCUT2D eigenvalue weighted by atomic mass is 16.2. The van der Waals surface area contributed by atoms with Gasteiger partial charge in [0.25, 0.3) is 5.91 Å². The number of hydrogen-bond donors (Lipinski definition) is 2. The monoisotopic (exact) mass is 259 g/mol. The molecule has 0 atom stereocenters. The SMILES string of the molecule is N#CC1(NC(=O)c2cccc(=O)[nH]2)CCCCCC1. The van der Waals surface area contributed by atoms with Gasteiger partial charge in [-0.3, -0.25) is 9.59 Å². The first-order valence-corrected chi connectivity index (χ1v) is 6.58. The van der Waals surface area contributed by atoms with Crippen molar-refractivity contribution in [3.8, 4) is 6.07 Å². The maximum atomic E-state index is 12.1. The zero-order valence-electron chi connectivity index (χ0n) is 10.7. The van der Waals surface area contributed by atoms with E-state index in [1.165, 1.54) is 12.1 Å². The van der Waals surface area contributed by atoms with Crippen molar-refractivity contribution in [1.29, 1.82) is 5.26 Å². The minimum absolute atomic E-state index is 0.200. The Hall–Kier alpha value is -2.09. The molecule has 0 radical (unpaired) electrons. The van der Waals surface area contributed by atoms with Crippen LogP contribution in [0.15, 0.2) is 23.0 Å². The van der Waals surface area contributed by atoms with Crippen molar-refractivity contribution in [3.05, 3.63) is 34.2 Å². The van der Waals surface area contributed by atoms with Gasteiger partial charge < -0.3 is 10.3 Å². The molecule has 0 bridgehead atoms. The summed E-state index contributed by atoms with van der Waals surface area (Å²) in [5.41, 5.74) is -0.911. The van der Waals surface area contributed by atoms with Crippen molar-refractivity contribution in [3.63, 3.8) is 0 Å². The molecule has 1 aromatic rings. The molecule has 1 saturated carbocycles. The minimum Gasteiger partial charge on any atom is -0.332 e. The van der Waals surface area contributed by atoms with Crippen molar-refractivity contribution in [2.24, 2.45) is 0 Å². The molecule has 1 fully saturated rings. The highest BCUT2D eigenvalue weighted by molar-refractivity contribution is 5.93. The van der Waals surface area contributed by atoms with Crippen LogP contribution in [0.5, 0.6) is 0 Å². The molecule has 100 valence electrons. The van der Waals surface area contributed by atoms with Gasteiger partial charge in [0.2, 0.25) is 5.56 Å². The number of aromatic amines is 1. The molecular weight excluding hydrogens is 242 g/mol. The Balaban J connectivity index is 2.16. The number of carbonyl (C=O) groups is 1. The fourth-order valence-electron chi connectivity index (χ4n) is 2.46. The lowest BCUT2D eigenvalue weighted by molar-refractivity contribution is 0.0907. The number of hydrogen-bond acceptors (Lipinski definition) is 3. The highest BCUT2D eigenvalue weighted by Crippen LogP contribution is 2.26. The second-order valence-corrected chi connectivity index (χ2v) is 4.99. The van der Waals surface area contributed by atoms with Crippen LogP contribution in [0, 0.1) is 11.3 Å². The molecule has 0 saturated heterocycles. The van der Waals surface area contributed by atoms with Crippen LogP contribution in [-0.4, -0.2) is 16.4 Å². The van der Waals surface area contributed by atoms with Gasteiger partial charge in [0.15, 0.2) is 0 Å². The Morgan fingerprint density at radius 2 is 1.95 bits per heavy atom. The maximum absolute atomic E-state index is 12.1. The molecule has 0 unspecified atom stereocenters. The average Bonchev–Trinajstić information content (AvgIpc) is 2.65. The van der Waals surface area contributed by atoms with E-state index in [9.17, 15) is 14.9 Å². The Bertz CT molecular complexity index is 548. The van der Waals surface area contributed by atoms with Crippen LogP contribution in [0.4, 0.5) is 0 Å². The molecule has 5 nitrogen and oxygen atoms in total. The first-order chi connectivity index (χ1) is 9.15. The van der Waals surface area contributed by atoms with E-state index in [-0.39, 0.29) is 17.2 Å². The number of aromatic nitrogens is 1. The van der Waals surface area contributed by atoms with E-state index in [0.29, 0.717) is 12.8 Å². The van der Waals surface area contributed by atoms with E-state index in [0.717, 1.165) is 25.7 Å². The van der Waals surface area contributed by atoms with Crippen LogP contribution in [0.1, 0.15) is 49.0 Å². The molecule has 1 aliphatic carbocycles. The summed E-state index contributed by atoms with van der Waals surface area (Å²) < 4.78 is 0. The minimum atomic E-state index is -0.791. The predicted molar refractivity (Wildman–Crippen MR) is 70.6 cm³/mol. The first-order valence-electron chi connectivity index (χ1n) is 6.58. The Morgan fingerprint density at radius 3 is 2.53 bits per heavy atom. The average molecular weight is 259 g/mol. The summed E-state index contributed by atoms with van der Waals surface area (Å²) in [5, 5.41) is 12.2. The number of H-pyrrole nitrogens is 1. The summed E-state index contributed by atoms with van der Waals surface area (Å²) in [5.74, 6) is -0.388. The second-order valence-electron chi connectivity index (χ2n) is 4.99.